The maximum Gasteiger partial charge on any atom is 1.00 e. The number of aliphatic hydroxyl groups is 2. The fourth-order valence-corrected chi connectivity index (χ4v) is 1.62. The summed E-state index contributed by atoms with van der Waals surface area (Å²) in [6.45, 7) is -1.95. The first-order valence-corrected chi connectivity index (χ1v) is 5.40. The van der Waals surface area contributed by atoms with Gasteiger partial charge in [0.2, 0.25) is 0 Å². The third kappa shape index (κ3) is 4.16. The second-order valence-electron chi connectivity index (χ2n) is 3.64. The second-order valence-corrected chi connectivity index (χ2v) is 3.64. The molecule has 94 valence electrons. The summed E-state index contributed by atoms with van der Waals surface area (Å²) in [5.74, 6) is -0.0896. The van der Waals surface area contributed by atoms with Gasteiger partial charge in [-0.05, 0) is 12.1 Å². The number of para-hydroxylation sites is 1. The Morgan fingerprint density at radius 2 is 1.58 bits per heavy atom. The molecular formula is C14H13NaO4. The van der Waals surface area contributed by atoms with E-state index in [1.165, 1.54) is 6.07 Å². The topological polar surface area (TPSA) is 66.8 Å². The van der Waals surface area contributed by atoms with Gasteiger partial charge in [-0.1, -0.05) is 42.5 Å². The Morgan fingerprint density at radius 3 is 2.21 bits per heavy atom. The van der Waals surface area contributed by atoms with Gasteiger partial charge in [-0.15, -0.1) is 0 Å². The van der Waals surface area contributed by atoms with E-state index in [1.807, 2.05) is 6.07 Å². The molecule has 0 bridgehead atoms. The number of carbonyl (C=O) groups is 1. The number of ether oxygens (including phenoxy) is 1. The van der Waals surface area contributed by atoms with Gasteiger partial charge in [0, 0.05) is 5.56 Å². The molecule has 0 heterocycles. The first-order valence-electron chi connectivity index (χ1n) is 5.40. The molecule has 4 nitrogen and oxygen atoms in total. The summed E-state index contributed by atoms with van der Waals surface area (Å²) in [5.41, 5.74) is 0.803. The fourth-order valence-electron chi connectivity index (χ4n) is 1.62. The first-order chi connectivity index (χ1) is 8.68. The van der Waals surface area contributed by atoms with Gasteiger partial charge in [-0.3, -0.25) is 4.79 Å². The van der Waals surface area contributed by atoms with Gasteiger partial charge >= 0.3 is 36.0 Å². The normalized spacial score (nSPS) is 9.84. The molecule has 2 aromatic rings. The molecule has 0 saturated heterocycles. The number of carbonyl (C=O) groups excluding carboxylic acids is 1. The van der Waals surface area contributed by atoms with Crippen molar-refractivity contribution in [1.29, 1.82) is 0 Å². The molecule has 0 aromatic heterocycles. The predicted octanol–water partition coefficient (Wildman–Crippen LogP) is -1.32. The summed E-state index contributed by atoms with van der Waals surface area (Å²) in [6, 6.07) is 15.1. The molecule has 0 aliphatic rings. The van der Waals surface area contributed by atoms with E-state index in [4.69, 9.17) is 14.9 Å². The Morgan fingerprint density at radius 1 is 1.00 bits per heavy atom. The Kier molecular flexibility index (Phi) is 6.21. The molecule has 2 N–H and O–H groups in total. The van der Waals surface area contributed by atoms with Gasteiger partial charge in [0.15, 0.2) is 5.78 Å². The van der Waals surface area contributed by atoms with E-state index in [0.29, 0.717) is 5.56 Å². The third-order valence-electron chi connectivity index (χ3n) is 2.40. The molecule has 0 saturated carbocycles. The summed E-state index contributed by atoms with van der Waals surface area (Å²) < 4.78 is 4.78. The molecular weight excluding hydrogens is 255 g/mol. The average Bonchev–Trinajstić information content (AvgIpc) is 2.39. The van der Waals surface area contributed by atoms with Gasteiger partial charge in [0.1, 0.15) is 5.75 Å². The van der Waals surface area contributed by atoms with Crippen LogP contribution in [0.2, 0.25) is 0 Å². The van der Waals surface area contributed by atoms with Gasteiger partial charge in [-0.2, -0.15) is 0 Å². The van der Waals surface area contributed by atoms with Crippen molar-refractivity contribution < 1.29 is 50.7 Å². The van der Waals surface area contributed by atoms with E-state index in [0.717, 1.165) is 0 Å². The third-order valence-corrected chi connectivity index (χ3v) is 2.40. The van der Waals surface area contributed by atoms with E-state index >= 15 is 0 Å². The van der Waals surface area contributed by atoms with Crippen LogP contribution in [0.1, 0.15) is 17.3 Å². The van der Waals surface area contributed by atoms with Crippen molar-refractivity contribution in [3.8, 4) is 5.75 Å². The quantitative estimate of drug-likeness (QED) is 0.410. The van der Waals surface area contributed by atoms with Crippen LogP contribution in [0.4, 0.5) is 0 Å². The first kappa shape index (κ1) is 15.9. The fraction of sp³-hybridized carbons (Fsp3) is 0.0714. The summed E-state index contributed by atoms with van der Waals surface area (Å²) in [7, 11) is 0. The number of benzene rings is 2. The maximum atomic E-state index is 12.2. The van der Waals surface area contributed by atoms with Crippen molar-refractivity contribution in [3.63, 3.8) is 0 Å². The summed E-state index contributed by atoms with van der Waals surface area (Å²) in [5, 5.41) is 17.6. The van der Waals surface area contributed by atoms with Crippen LogP contribution in [0, 0.1) is 0 Å². The smallest absolute Gasteiger partial charge is 1.00 e. The van der Waals surface area contributed by atoms with Crippen molar-refractivity contribution >= 4 is 5.78 Å². The predicted molar refractivity (Wildman–Crippen MR) is 66.3 cm³/mol. The molecule has 0 spiro atoms. The minimum Gasteiger partial charge on any atom is -1.00 e. The van der Waals surface area contributed by atoms with Crippen molar-refractivity contribution in [2.24, 2.45) is 0 Å². The molecule has 19 heavy (non-hydrogen) atoms. The molecule has 0 atom stereocenters. The zero-order valence-corrected chi connectivity index (χ0v) is 12.5. The van der Waals surface area contributed by atoms with E-state index in [1.54, 1.807) is 42.5 Å². The van der Waals surface area contributed by atoms with Crippen LogP contribution in [0.15, 0.2) is 54.6 Å². The minimum absolute atomic E-state index is 0. The Balaban J connectivity index is 0.00000180. The Labute approximate surface area is 134 Å². The number of hydrogen-bond donors (Lipinski definition) is 2. The van der Waals surface area contributed by atoms with Crippen LogP contribution in [0.25, 0.3) is 0 Å². The summed E-state index contributed by atoms with van der Waals surface area (Å²) in [4.78, 5) is 12.2. The molecule has 0 aliphatic carbocycles. The van der Waals surface area contributed by atoms with Crippen molar-refractivity contribution in [2.45, 2.75) is 6.48 Å². The number of aliphatic hydroxyl groups excluding tert-OH is 1. The largest absolute Gasteiger partial charge is 1.00 e. The maximum absolute atomic E-state index is 12.2. The van der Waals surface area contributed by atoms with Crippen LogP contribution < -0.4 is 34.3 Å². The van der Waals surface area contributed by atoms with E-state index in [2.05, 4.69) is 0 Å². The number of hydrogen-bond acceptors (Lipinski definition) is 4. The van der Waals surface area contributed by atoms with E-state index in [-0.39, 0.29) is 48.1 Å². The SMILES string of the molecule is O=C(c1ccccc1)c1ccccc1OC(O)O.[H-].[Na+]. The molecule has 0 amide bonds. The number of rotatable bonds is 4. The molecule has 0 unspecified atom stereocenters. The molecule has 5 heteroatoms. The van der Waals surface area contributed by atoms with E-state index in [9.17, 15) is 4.79 Å². The van der Waals surface area contributed by atoms with Crippen molar-refractivity contribution in [2.75, 3.05) is 0 Å². The van der Waals surface area contributed by atoms with Gasteiger partial charge in [0.05, 0.1) is 5.56 Å². The zero-order chi connectivity index (χ0) is 13.0. The number of ketones is 1. The van der Waals surface area contributed by atoms with Crippen molar-refractivity contribution in [3.05, 3.63) is 65.7 Å². The van der Waals surface area contributed by atoms with Crippen LogP contribution in [0.3, 0.4) is 0 Å². The second kappa shape index (κ2) is 7.43. The molecule has 0 aliphatic heterocycles. The van der Waals surface area contributed by atoms with Gasteiger partial charge < -0.3 is 16.4 Å². The average molecular weight is 268 g/mol. The minimum atomic E-state index is -1.95. The van der Waals surface area contributed by atoms with Crippen LogP contribution in [-0.4, -0.2) is 22.5 Å². The van der Waals surface area contributed by atoms with Crippen LogP contribution >= 0.6 is 0 Å². The van der Waals surface area contributed by atoms with Crippen molar-refractivity contribution in [1.82, 2.24) is 0 Å². The molecule has 0 radical (unpaired) electrons. The van der Waals surface area contributed by atoms with Gasteiger partial charge in [-0.25, -0.2) is 0 Å². The van der Waals surface area contributed by atoms with E-state index < -0.39 is 6.48 Å². The summed E-state index contributed by atoms with van der Waals surface area (Å²) in [6.07, 6.45) is 0. The molecule has 2 aromatic carbocycles. The molecule has 0 fully saturated rings. The Hall–Kier alpha value is -1.17. The summed E-state index contributed by atoms with van der Waals surface area (Å²) >= 11 is 0. The monoisotopic (exact) mass is 268 g/mol. The van der Waals surface area contributed by atoms with Crippen LogP contribution in [-0.2, 0) is 0 Å². The van der Waals surface area contributed by atoms with Crippen LogP contribution in [0.5, 0.6) is 5.75 Å². The van der Waals surface area contributed by atoms with Gasteiger partial charge in [0.25, 0.3) is 0 Å². The zero-order valence-electron chi connectivity index (χ0n) is 11.5. The standard InChI is InChI=1S/C14H12O4.Na.H/c15-13(10-6-2-1-3-7-10)11-8-4-5-9-12(11)18-14(16)17;;/h1-9,14,16-17H;;/q;+1;-1. The Bertz CT molecular complexity index is 546. The molecule has 2 rings (SSSR count).